The van der Waals surface area contributed by atoms with Crippen LogP contribution in [0.3, 0.4) is 0 Å². The average molecular weight is 276 g/mol. The Morgan fingerprint density at radius 3 is 2.80 bits per heavy atom. The van der Waals surface area contributed by atoms with Gasteiger partial charge in [-0.25, -0.2) is 0 Å². The Balaban J connectivity index is 2.04. The Labute approximate surface area is 123 Å². The summed E-state index contributed by atoms with van der Waals surface area (Å²) in [5.74, 6) is 0.618. The van der Waals surface area contributed by atoms with Gasteiger partial charge in [-0.05, 0) is 37.4 Å². The largest absolute Gasteiger partial charge is 0.378 e. The predicted molar refractivity (Wildman–Crippen MR) is 82.9 cm³/mol. The molecule has 0 radical (unpaired) electrons. The van der Waals surface area contributed by atoms with Crippen molar-refractivity contribution in [2.45, 2.75) is 58.6 Å². The molecule has 0 aliphatic carbocycles. The second-order valence-corrected chi connectivity index (χ2v) is 5.65. The van der Waals surface area contributed by atoms with Crippen molar-refractivity contribution in [1.29, 1.82) is 0 Å². The Hall–Kier alpha value is -0.930. The van der Waals surface area contributed by atoms with Gasteiger partial charge in [-0.2, -0.15) is 0 Å². The molecule has 3 nitrogen and oxygen atoms in total. The van der Waals surface area contributed by atoms with Crippen molar-refractivity contribution in [1.82, 2.24) is 10.3 Å². The smallest absolute Gasteiger partial charge is 0.0616 e. The molecule has 3 atom stereocenters. The summed E-state index contributed by atoms with van der Waals surface area (Å²) in [5.41, 5.74) is 2.50. The number of ether oxygens (including phenoxy) is 1. The molecule has 0 amide bonds. The molecule has 2 heterocycles. The first-order chi connectivity index (χ1) is 9.78. The van der Waals surface area contributed by atoms with Crippen molar-refractivity contribution in [3.8, 4) is 0 Å². The van der Waals surface area contributed by atoms with Crippen LogP contribution >= 0.6 is 0 Å². The molecule has 1 aromatic heterocycles. The summed E-state index contributed by atoms with van der Waals surface area (Å²) in [5, 5.41) is 3.65. The highest BCUT2D eigenvalue weighted by Crippen LogP contribution is 2.28. The van der Waals surface area contributed by atoms with Gasteiger partial charge in [-0.1, -0.05) is 26.8 Å². The quantitative estimate of drug-likeness (QED) is 0.831. The van der Waals surface area contributed by atoms with Crippen molar-refractivity contribution in [3.63, 3.8) is 0 Å². The predicted octanol–water partition coefficient (Wildman–Crippen LogP) is 2.98. The van der Waals surface area contributed by atoms with Gasteiger partial charge in [0.25, 0.3) is 0 Å². The van der Waals surface area contributed by atoms with E-state index in [2.05, 4.69) is 43.2 Å². The maximum absolute atomic E-state index is 5.86. The van der Waals surface area contributed by atoms with Crippen molar-refractivity contribution in [2.75, 3.05) is 13.2 Å². The Morgan fingerprint density at radius 2 is 2.20 bits per heavy atom. The van der Waals surface area contributed by atoms with Crippen LogP contribution in [-0.4, -0.2) is 30.3 Å². The number of hydrogen-bond acceptors (Lipinski definition) is 3. The molecule has 2 rings (SSSR count). The van der Waals surface area contributed by atoms with E-state index in [9.17, 15) is 0 Å². The molecule has 1 aromatic rings. The van der Waals surface area contributed by atoms with Crippen LogP contribution in [-0.2, 0) is 17.6 Å². The first kappa shape index (κ1) is 15.5. The van der Waals surface area contributed by atoms with E-state index < -0.39 is 0 Å². The van der Waals surface area contributed by atoms with Gasteiger partial charge in [0.05, 0.1) is 6.10 Å². The summed E-state index contributed by atoms with van der Waals surface area (Å²) in [7, 11) is 0. The molecule has 3 heteroatoms. The van der Waals surface area contributed by atoms with E-state index in [0.29, 0.717) is 18.1 Å². The van der Waals surface area contributed by atoms with E-state index in [-0.39, 0.29) is 0 Å². The molecule has 1 aliphatic rings. The second kappa shape index (κ2) is 7.75. The van der Waals surface area contributed by atoms with Crippen LogP contribution in [0, 0.1) is 5.92 Å². The highest BCUT2D eigenvalue weighted by Gasteiger charge is 2.33. The summed E-state index contributed by atoms with van der Waals surface area (Å²) < 4.78 is 5.86. The van der Waals surface area contributed by atoms with Crippen molar-refractivity contribution in [3.05, 3.63) is 29.6 Å². The summed E-state index contributed by atoms with van der Waals surface area (Å²) in [4.78, 5) is 4.61. The van der Waals surface area contributed by atoms with Gasteiger partial charge < -0.3 is 10.1 Å². The molecule has 0 bridgehead atoms. The van der Waals surface area contributed by atoms with Crippen LogP contribution in [0.5, 0.6) is 0 Å². The summed E-state index contributed by atoms with van der Waals surface area (Å²) in [6.45, 7) is 8.48. The van der Waals surface area contributed by atoms with E-state index in [1.165, 1.54) is 17.7 Å². The molecule has 1 aliphatic heterocycles. The molecule has 1 saturated heterocycles. The van der Waals surface area contributed by atoms with Crippen LogP contribution in [0.15, 0.2) is 18.3 Å². The van der Waals surface area contributed by atoms with Crippen molar-refractivity contribution < 1.29 is 4.74 Å². The molecule has 20 heavy (non-hydrogen) atoms. The van der Waals surface area contributed by atoms with Crippen LogP contribution < -0.4 is 5.32 Å². The fraction of sp³-hybridized carbons (Fsp3) is 0.706. The van der Waals surface area contributed by atoms with E-state index >= 15 is 0 Å². The van der Waals surface area contributed by atoms with Crippen LogP contribution in [0.2, 0.25) is 0 Å². The molecule has 112 valence electrons. The fourth-order valence-corrected chi connectivity index (χ4v) is 3.19. The number of nitrogens with one attached hydrogen (secondary N) is 1. The Kier molecular flexibility index (Phi) is 5.99. The van der Waals surface area contributed by atoms with Crippen molar-refractivity contribution in [2.24, 2.45) is 5.92 Å². The summed E-state index contributed by atoms with van der Waals surface area (Å²) >= 11 is 0. The molecule has 1 N–H and O–H groups in total. The lowest BCUT2D eigenvalue weighted by atomic mass is 9.88. The third kappa shape index (κ3) is 3.80. The van der Waals surface area contributed by atoms with Crippen LogP contribution in [0.1, 0.15) is 44.9 Å². The first-order valence-electron chi connectivity index (χ1n) is 8.07. The third-order valence-electron chi connectivity index (χ3n) is 4.37. The van der Waals surface area contributed by atoms with E-state index in [1.807, 2.05) is 6.20 Å². The lowest BCUT2D eigenvalue weighted by molar-refractivity contribution is 0.0775. The molecule has 0 saturated carbocycles. The maximum atomic E-state index is 5.86. The monoisotopic (exact) mass is 276 g/mol. The SMILES string of the molecule is CCNC(Cc1ccc(CC)cn1)C1CCOC1CC. The number of aromatic nitrogens is 1. The van der Waals surface area contributed by atoms with Crippen molar-refractivity contribution >= 4 is 0 Å². The molecular formula is C17H28N2O. The number of aryl methyl sites for hydroxylation is 1. The maximum Gasteiger partial charge on any atom is 0.0616 e. The zero-order valence-electron chi connectivity index (χ0n) is 13.1. The topological polar surface area (TPSA) is 34.2 Å². The second-order valence-electron chi connectivity index (χ2n) is 5.65. The molecule has 3 unspecified atom stereocenters. The van der Waals surface area contributed by atoms with Gasteiger partial charge in [-0.15, -0.1) is 0 Å². The average Bonchev–Trinajstić information content (AvgIpc) is 2.96. The molecule has 1 fully saturated rings. The van der Waals surface area contributed by atoms with Crippen LogP contribution in [0.4, 0.5) is 0 Å². The highest BCUT2D eigenvalue weighted by molar-refractivity contribution is 5.15. The number of hydrogen-bond donors (Lipinski definition) is 1. The van der Waals surface area contributed by atoms with Gasteiger partial charge in [0, 0.05) is 36.9 Å². The van der Waals surface area contributed by atoms with Gasteiger partial charge >= 0.3 is 0 Å². The van der Waals surface area contributed by atoms with E-state index in [4.69, 9.17) is 4.74 Å². The zero-order chi connectivity index (χ0) is 14.4. The standard InChI is InChI=1S/C17H28N2O/c1-4-13-7-8-14(19-12-13)11-16(18-6-3)15-9-10-20-17(15)5-2/h7-8,12,15-18H,4-6,9-11H2,1-3H3. The fourth-order valence-electron chi connectivity index (χ4n) is 3.19. The molecule has 0 aromatic carbocycles. The lowest BCUT2D eigenvalue weighted by Crippen LogP contribution is -2.41. The highest BCUT2D eigenvalue weighted by atomic mass is 16.5. The van der Waals surface area contributed by atoms with Gasteiger partial charge in [-0.3, -0.25) is 4.98 Å². The zero-order valence-corrected chi connectivity index (χ0v) is 13.1. The van der Waals surface area contributed by atoms with Gasteiger partial charge in [0.15, 0.2) is 0 Å². The Morgan fingerprint density at radius 1 is 1.35 bits per heavy atom. The van der Waals surface area contributed by atoms with Gasteiger partial charge in [0.1, 0.15) is 0 Å². The summed E-state index contributed by atoms with van der Waals surface area (Å²) in [6.07, 6.45) is 6.76. The lowest BCUT2D eigenvalue weighted by Gasteiger charge is -2.27. The van der Waals surface area contributed by atoms with E-state index in [0.717, 1.165) is 32.4 Å². The van der Waals surface area contributed by atoms with Gasteiger partial charge in [0.2, 0.25) is 0 Å². The minimum Gasteiger partial charge on any atom is -0.378 e. The minimum absolute atomic E-state index is 0.411. The molecule has 0 spiro atoms. The minimum atomic E-state index is 0.411. The Bertz CT molecular complexity index is 390. The number of pyridine rings is 1. The third-order valence-corrected chi connectivity index (χ3v) is 4.37. The first-order valence-corrected chi connectivity index (χ1v) is 8.07. The number of likely N-dealkylation sites (N-methyl/N-ethyl adjacent to an activating group) is 1. The molecular weight excluding hydrogens is 248 g/mol. The number of nitrogens with zero attached hydrogens (tertiary/aromatic N) is 1. The van der Waals surface area contributed by atoms with Crippen LogP contribution in [0.25, 0.3) is 0 Å². The van der Waals surface area contributed by atoms with E-state index in [1.54, 1.807) is 0 Å². The summed E-state index contributed by atoms with van der Waals surface area (Å²) in [6, 6.07) is 4.86. The normalized spacial score (nSPS) is 23.9. The number of rotatable bonds is 7.